The number of hydrogen-bond donors (Lipinski definition) is 5. The van der Waals surface area contributed by atoms with E-state index in [-0.39, 0.29) is 24.3 Å². The van der Waals surface area contributed by atoms with Gasteiger partial charge in [0, 0.05) is 32.7 Å². The van der Waals surface area contributed by atoms with Crippen molar-refractivity contribution in [1.29, 1.82) is 0 Å². The van der Waals surface area contributed by atoms with Crippen molar-refractivity contribution in [2.75, 3.05) is 79.8 Å². The highest BCUT2D eigenvalue weighted by Crippen LogP contribution is 2.06. The minimum absolute atomic E-state index is 0.00492. The molecular formula is C21H45N5O5. The number of ether oxygens (including phenoxy) is 2. The minimum Gasteiger partial charge on any atom is -0.377 e. The highest BCUT2D eigenvalue weighted by molar-refractivity contribution is 5.81. The first kappa shape index (κ1) is 29.9. The summed E-state index contributed by atoms with van der Waals surface area (Å²) in [6.07, 6.45) is -0.232. The Kier molecular flexibility index (Phi) is 18.8. The van der Waals surface area contributed by atoms with E-state index in [1.54, 1.807) is 0 Å². The Bertz CT molecular complexity index is 459. The highest BCUT2D eigenvalue weighted by atomic mass is 16.5. The van der Waals surface area contributed by atoms with Crippen LogP contribution in [0.3, 0.4) is 0 Å². The summed E-state index contributed by atoms with van der Waals surface area (Å²) in [4.78, 5) is 25.8. The van der Waals surface area contributed by atoms with Gasteiger partial charge in [-0.2, -0.15) is 0 Å². The molecule has 0 radical (unpaired) electrons. The van der Waals surface area contributed by atoms with Crippen molar-refractivity contribution in [3.63, 3.8) is 0 Å². The molecule has 0 aliphatic carbocycles. The van der Waals surface area contributed by atoms with E-state index in [4.69, 9.17) is 9.47 Å². The molecule has 0 bridgehead atoms. The number of ketones is 1. The summed E-state index contributed by atoms with van der Waals surface area (Å²) in [5, 5.41) is 21.9. The number of aliphatic hydroxyl groups excluding tert-OH is 1. The third-order valence-electron chi connectivity index (χ3n) is 4.53. The fourth-order valence-electron chi connectivity index (χ4n) is 2.85. The molecule has 0 aromatic carbocycles. The van der Waals surface area contributed by atoms with Crippen molar-refractivity contribution in [2.24, 2.45) is 5.92 Å². The number of likely N-dealkylation sites (N-methyl/N-ethyl adjacent to an activating group) is 2. The number of carbonyl (C=O) groups is 2. The van der Waals surface area contributed by atoms with E-state index in [9.17, 15) is 14.7 Å². The summed E-state index contributed by atoms with van der Waals surface area (Å²) >= 11 is 0. The molecule has 5 N–H and O–H groups in total. The number of amides is 1. The SMILES string of the molecule is CNCCN(CCNC)CC(=O)NCCOCCOC[C@H](O)N[C@@H](CC(C)C)C(C)=O. The maximum absolute atomic E-state index is 12.1. The molecule has 1 amide bonds. The fourth-order valence-corrected chi connectivity index (χ4v) is 2.85. The van der Waals surface area contributed by atoms with Crippen LogP contribution in [0.5, 0.6) is 0 Å². The first-order chi connectivity index (χ1) is 14.8. The van der Waals surface area contributed by atoms with Gasteiger partial charge >= 0.3 is 0 Å². The Labute approximate surface area is 187 Å². The average molecular weight is 448 g/mol. The van der Waals surface area contributed by atoms with Crippen LogP contribution < -0.4 is 21.3 Å². The van der Waals surface area contributed by atoms with Crippen LogP contribution in [0.25, 0.3) is 0 Å². The molecular weight excluding hydrogens is 402 g/mol. The van der Waals surface area contributed by atoms with Crippen LogP contribution in [0.1, 0.15) is 27.2 Å². The number of nitrogens with one attached hydrogen (secondary N) is 4. The molecule has 0 heterocycles. The van der Waals surface area contributed by atoms with E-state index >= 15 is 0 Å². The lowest BCUT2D eigenvalue weighted by atomic mass is 10.0. The van der Waals surface area contributed by atoms with Gasteiger partial charge in [-0.1, -0.05) is 13.8 Å². The van der Waals surface area contributed by atoms with E-state index < -0.39 is 6.23 Å². The van der Waals surface area contributed by atoms with Crippen molar-refractivity contribution in [3.05, 3.63) is 0 Å². The normalized spacial score (nSPS) is 13.5. The lowest BCUT2D eigenvalue weighted by molar-refractivity contribution is -0.122. The smallest absolute Gasteiger partial charge is 0.234 e. The Morgan fingerprint density at radius 1 is 0.968 bits per heavy atom. The lowest BCUT2D eigenvalue weighted by Gasteiger charge is -2.22. The first-order valence-electron chi connectivity index (χ1n) is 11.2. The van der Waals surface area contributed by atoms with Gasteiger partial charge in [-0.25, -0.2) is 0 Å². The van der Waals surface area contributed by atoms with Crippen molar-refractivity contribution in [1.82, 2.24) is 26.2 Å². The summed E-state index contributed by atoms with van der Waals surface area (Å²) < 4.78 is 10.8. The number of nitrogens with zero attached hydrogens (tertiary/aromatic N) is 1. The van der Waals surface area contributed by atoms with E-state index in [2.05, 4.69) is 26.2 Å². The molecule has 0 aliphatic heterocycles. The van der Waals surface area contributed by atoms with Gasteiger partial charge in [0.25, 0.3) is 0 Å². The molecule has 31 heavy (non-hydrogen) atoms. The van der Waals surface area contributed by atoms with E-state index in [0.717, 1.165) is 26.2 Å². The zero-order valence-electron chi connectivity index (χ0n) is 20.0. The molecule has 10 heteroatoms. The molecule has 0 fully saturated rings. The number of carbonyl (C=O) groups excluding carboxylic acids is 2. The highest BCUT2D eigenvalue weighted by Gasteiger charge is 2.18. The molecule has 2 atom stereocenters. The van der Waals surface area contributed by atoms with Crippen LogP contribution in [0, 0.1) is 5.92 Å². The summed E-state index contributed by atoms with van der Waals surface area (Å²) in [7, 11) is 3.79. The van der Waals surface area contributed by atoms with Crippen LogP contribution in [-0.4, -0.2) is 114 Å². The van der Waals surface area contributed by atoms with E-state index in [1.807, 2.05) is 27.9 Å². The van der Waals surface area contributed by atoms with E-state index in [0.29, 0.717) is 45.2 Å². The van der Waals surface area contributed by atoms with Crippen LogP contribution in [0.15, 0.2) is 0 Å². The van der Waals surface area contributed by atoms with E-state index in [1.165, 1.54) is 6.92 Å². The number of hydrogen-bond acceptors (Lipinski definition) is 9. The molecule has 184 valence electrons. The maximum Gasteiger partial charge on any atom is 0.234 e. The molecule has 0 aliphatic rings. The van der Waals surface area contributed by atoms with Crippen molar-refractivity contribution < 1.29 is 24.2 Å². The van der Waals surface area contributed by atoms with Crippen molar-refractivity contribution in [2.45, 2.75) is 39.5 Å². The topological polar surface area (TPSA) is 124 Å². The lowest BCUT2D eigenvalue weighted by Crippen LogP contribution is -2.45. The third-order valence-corrected chi connectivity index (χ3v) is 4.53. The Morgan fingerprint density at radius 2 is 1.58 bits per heavy atom. The molecule has 0 aromatic heterocycles. The van der Waals surface area contributed by atoms with Crippen molar-refractivity contribution >= 4 is 11.7 Å². The van der Waals surface area contributed by atoms with Crippen LogP contribution in [-0.2, 0) is 19.1 Å². The quantitative estimate of drug-likeness (QED) is 0.109. The number of Topliss-reactive ketones (excluding diaryl/α,β-unsaturated/α-hetero) is 1. The Hall–Kier alpha value is -1.14. The third kappa shape index (κ3) is 18.2. The molecule has 0 unspecified atom stereocenters. The molecule has 0 saturated carbocycles. The molecule has 0 rings (SSSR count). The van der Waals surface area contributed by atoms with Crippen LogP contribution >= 0.6 is 0 Å². The number of rotatable bonds is 21. The zero-order chi connectivity index (χ0) is 23.5. The van der Waals surface area contributed by atoms with Crippen LogP contribution in [0.4, 0.5) is 0 Å². The molecule has 10 nitrogen and oxygen atoms in total. The van der Waals surface area contributed by atoms with Gasteiger partial charge in [-0.15, -0.1) is 0 Å². The summed E-state index contributed by atoms with van der Waals surface area (Å²) in [6, 6.07) is -0.370. The first-order valence-corrected chi connectivity index (χ1v) is 11.2. The van der Waals surface area contributed by atoms with Gasteiger partial charge in [0.05, 0.1) is 39.0 Å². The summed E-state index contributed by atoms with van der Waals surface area (Å²) in [5.41, 5.74) is 0. The monoisotopic (exact) mass is 447 g/mol. The van der Waals surface area contributed by atoms with Gasteiger partial charge in [-0.3, -0.25) is 19.8 Å². The standard InChI is InChI=1S/C21H45N5O5/c1-17(2)14-19(18(3)27)25-21(29)16-31-13-12-30-11-8-24-20(28)15-26(9-6-22-4)10-7-23-5/h17,19,21-23,25,29H,6-16H2,1-5H3,(H,24,28)/t19-,21-/m0/s1. The maximum atomic E-state index is 12.1. The largest absolute Gasteiger partial charge is 0.377 e. The second kappa shape index (κ2) is 19.5. The predicted molar refractivity (Wildman–Crippen MR) is 122 cm³/mol. The molecule has 0 spiro atoms. The Morgan fingerprint density at radius 3 is 2.13 bits per heavy atom. The van der Waals surface area contributed by atoms with Gasteiger partial charge in [0.15, 0.2) is 0 Å². The predicted octanol–water partition coefficient (Wildman–Crippen LogP) is -1.21. The van der Waals surface area contributed by atoms with Gasteiger partial charge in [-0.05, 0) is 33.4 Å². The van der Waals surface area contributed by atoms with Gasteiger partial charge < -0.3 is 30.5 Å². The second-order valence-corrected chi connectivity index (χ2v) is 8.00. The summed E-state index contributed by atoms with van der Waals surface area (Å²) in [5.74, 6) is 0.334. The van der Waals surface area contributed by atoms with Crippen LogP contribution in [0.2, 0.25) is 0 Å². The Balaban J connectivity index is 3.81. The minimum atomic E-state index is -0.902. The summed E-state index contributed by atoms with van der Waals surface area (Å²) in [6.45, 7) is 10.8. The molecule has 0 aromatic rings. The fraction of sp³-hybridized carbons (Fsp3) is 0.905. The second-order valence-electron chi connectivity index (χ2n) is 8.00. The van der Waals surface area contributed by atoms with Crippen molar-refractivity contribution in [3.8, 4) is 0 Å². The number of aliphatic hydroxyl groups is 1. The average Bonchev–Trinajstić information content (AvgIpc) is 2.70. The van der Waals surface area contributed by atoms with Gasteiger partial charge in [0.1, 0.15) is 12.0 Å². The van der Waals surface area contributed by atoms with Gasteiger partial charge in [0.2, 0.25) is 5.91 Å². The molecule has 0 saturated heterocycles. The zero-order valence-corrected chi connectivity index (χ0v) is 20.0.